The van der Waals surface area contributed by atoms with Crippen LogP contribution >= 0.6 is 0 Å². The first-order valence-corrected chi connectivity index (χ1v) is 10.4. The number of nitrogens with one attached hydrogen (secondary N) is 1. The highest BCUT2D eigenvalue weighted by Crippen LogP contribution is 2.30. The predicted octanol–water partition coefficient (Wildman–Crippen LogP) is 2.89. The highest BCUT2D eigenvalue weighted by molar-refractivity contribution is 5.99. The van der Waals surface area contributed by atoms with Crippen molar-refractivity contribution in [1.29, 1.82) is 0 Å². The second-order valence-electron chi connectivity index (χ2n) is 7.96. The molecule has 1 N–H and O–H groups in total. The monoisotopic (exact) mass is 400 g/mol. The van der Waals surface area contributed by atoms with Crippen LogP contribution in [0.25, 0.3) is 11.3 Å². The SMILES string of the molecule is Cn1nc(-c2ccccc2)c2c1CCN(C(=O)CC1NC(=O)c3ccccc31)CC2. The Bertz CT molecular complexity index is 1120. The fourth-order valence-electron chi connectivity index (χ4n) is 4.64. The molecule has 2 aromatic carbocycles. The summed E-state index contributed by atoms with van der Waals surface area (Å²) in [7, 11) is 1.98. The van der Waals surface area contributed by atoms with Gasteiger partial charge in [0.15, 0.2) is 0 Å². The van der Waals surface area contributed by atoms with Crippen molar-refractivity contribution in [3.8, 4) is 11.3 Å². The van der Waals surface area contributed by atoms with Gasteiger partial charge in [-0.15, -0.1) is 0 Å². The largest absolute Gasteiger partial charge is 0.345 e. The van der Waals surface area contributed by atoms with Crippen molar-refractivity contribution in [2.75, 3.05) is 13.1 Å². The number of fused-ring (bicyclic) bond motifs is 2. The van der Waals surface area contributed by atoms with Crippen LogP contribution in [0.1, 0.15) is 39.6 Å². The molecule has 2 aliphatic rings. The molecule has 0 spiro atoms. The Hall–Kier alpha value is -3.41. The zero-order valence-electron chi connectivity index (χ0n) is 17.0. The zero-order valence-corrected chi connectivity index (χ0v) is 17.0. The van der Waals surface area contributed by atoms with E-state index in [2.05, 4.69) is 17.4 Å². The third-order valence-corrected chi connectivity index (χ3v) is 6.19. The molecule has 3 aromatic rings. The lowest BCUT2D eigenvalue weighted by Gasteiger charge is -2.22. The summed E-state index contributed by atoms with van der Waals surface area (Å²) in [5.74, 6) is -0.00993. The maximum Gasteiger partial charge on any atom is 0.252 e. The second kappa shape index (κ2) is 7.44. The van der Waals surface area contributed by atoms with E-state index in [1.165, 1.54) is 11.3 Å². The topological polar surface area (TPSA) is 67.2 Å². The number of hydrogen-bond donors (Lipinski definition) is 1. The Morgan fingerprint density at radius 2 is 1.80 bits per heavy atom. The average molecular weight is 400 g/mol. The normalized spacial score (nSPS) is 17.8. The Labute approximate surface area is 175 Å². The van der Waals surface area contributed by atoms with Crippen molar-refractivity contribution in [2.45, 2.75) is 25.3 Å². The minimum absolute atomic E-state index is 0.0824. The van der Waals surface area contributed by atoms with Crippen LogP contribution in [0, 0.1) is 0 Å². The highest BCUT2D eigenvalue weighted by atomic mass is 16.2. The van der Waals surface area contributed by atoms with Gasteiger partial charge in [0.1, 0.15) is 0 Å². The van der Waals surface area contributed by atoms with E-state index in [9.17, 15) is 9.59 Å². The lowest BCUT2D eigenvalue weighted by Crippen LogP contribution is -2.36. The summed E-state index contributed by atoms with van der Waals surface area (Å²) in [4.78, 5) is 27.2. The lowest BCUT2D eigenvalue weighted by molar-refractivity contribution is -0.131. The molecule has 30 heavy (non-hydrogen) atoms. The first-order chi connectivity index (χ1) is 14.6. The number of carbonyl (C=O) groups excluding carboxylic acids is 2. The highest BCUT2D eigenvalue weighted by Gasteiger charge is 2.32. The molecule has 0 aliphatic carbocycles. The molecule has 3 heterocycles. The van der Waals surface area contributed by atoms with E-state index >= 15 is 0 Å². The molecule has 0 saturated carbocycles. The van der Waals surface area contributed by atoms with E-state index in [4.69, 9.17) is 5.10 Å². The summed E-state index contributed by atoms with van der Waals surface area (Å²) in [6, 6.07) is 17.5. The maximum absolute atomic E-state index is 13.1. The number of amides is 2. The number of rotatable bonds is 3. The second-order valence-corrected chi connectivity index (χ2v) is 7.96. The molecule has 6 heteroatoms. The van der Waals surface area contributed by atoms with Crippen LogP contribution in [0.15, 0.2) is 54.6 Å². The van der Waals surface area contributed by atoms with E-state index < -0.39 is 0 Å². The third kappa shape index (κ3) is 3.18. The molecule has 0 bridgehead atoms. The molecule has 2 aliphatic heterocycles. The Balaban J connectivity index is 1.33. The van der Waals surface area contributed by atoms with Gasteiger partial charge in [-0.1, -0.05) is 48.5 Å². The number of nitrogens with zero attached hydrogens (tertiary/aromatic N) is 3. The number of hydrogen-bond acceptors (Lipinski definition) is 3. The van der Waals surface area contributed by atoms with Crippen molar-refractivity contribution in [3.05, 3.63) is 77.0 Å². The first-order valence-electron chi connectivity index (χ1n) is 10.4. The molecule has 0 fully saturated rings. The molecule has 0 saturated heterocycles. The van der Waals surface area contributed by atoms with Gasteiger partial charge in [0.2, 0.25) is 5.91 Å². The number of aromatic nitrogens is 2. The number of carbonyl (C=O) groups is 2. The number of benzene rings is 2. The van der Waals surface area contributed by atoms with Gasteiger partial charge in [-0.25, -0.2) is 0 Å². The van der Waals surface area contributed by atoms with Crippen LogP contribution < -0.4 is 5.32 Å². The van der Waals surface area contributed by atoms with Crippen molar-refractivity contribution in [3.63, 3.8) is 0 Å². The summed E-state index contributed by atoms with van der Waals surface area (Å²) in [6.07, 6.45) is 1.86. The molecule has 1 aromatic heterocycles. The minimum Gasteiger partial charge on any atom is -0.345 e. The van der Waals surface area contributed by atoms with Crippen LogP contribution in [0.2, 0.25) is 0 Å². The Kier molecular flexibility index (Phi) is 4.62. The van der Waals surface area contributed by atoms with E-state index in [0.29, 0.717) is 25.1 Å². The molecule has 6 nitrogen and oxygen atoms in total. The van der Waals surface area contributed by atoms with Crippen molar-refractivity contribution in [2.24, 2.45) is 7.05 Å². The molecular formula is C24H24N4O2. The van der Waals surface area contributed by atoms with Crippen molar-refractivity contribution >= 4 is 11.8 Å². The summed E-state index contributed by atoms with van der Waals surface area (Å²) >= 11 is 0. The Morgan fingerprint density at radius 1 is 1.07 bits per heavy atom. The lowest BCUT2D eigenvalue weighted by atomic mass is 10.0. The Morgan fingerprint density at radius 3 is 2.63 bits per heavy atom. The van der Waals surface area contributed by atoms with Gasteiger partial charge >= 0.3 is 0 Å². The molecule has 2 amide bonds. The molecule has 1 unspecified atom stereocenters. The summed E-state index contributed by atoms with van der Waals surface area (Å²) in [6.45, 7) is 1.33. The van der Waals surface area contributed by atoms with E-state index in [-0.39, 0.29) is 17.9 Å². The van der Waals surface area contributed by atoms with Crippen LogP contribution in [0.3, 0.4) is 0 Å². The predicted molar refractivity (Wildman–Crippen MR) is 114 cm³/mol. The molecule has 152 valence electrons. The van der Waals surface area contributed by atoms with E-state index in [0.717, 1.165) is 29.7 Å². The standard InChI is InChI=1S/C24H24N4O2/c1-27-21-12-14-28(13-11-19(21)23(26-27)16-7-3-2-4-8-16)22(29)15-20-17-9-5-6-10-18(17)24(30)25-20/h2-10,20H,11-15H2,1H3,(H,25,30). The molecule has 1 atom stereocenters. The minimum atomic E-state index is -0.242. The van der Waals surface area contributed by atoms with Crippen LogP contribution in [0.5, 0.6) is 0 Å². The summed E-state index contributed by atoms with van der Waals surface area (Å²) in [5, 5.41) is 7.71. The van der Waals surface area contributed by atoms with Crippen LogP contribution in [-0.4, -0.2) is 39.6 Å². The van der Waals surface area contributed by atoms with Crippen molar-refractivity contribution < 1.29 is 9.59 Å². The zero-order chi connectivity index (χ0) is 20.7. The summed E-state index contributed by atoms with van der Waals surface area (Å²) in [5.41, 5.74) is 6.16. The molecule has 0 radical (unpaired) electrons. The van der Waals surface area contributed by atoms with Gasteiger partial charge in [0, 0.05) is 48.9 Å². The fraction of sp³-hybridized carbons (Fsp3) is 0.292. The summed E-state index contributed by atoms with van der Waals surface area (Å²) < 4.78 is 1.96. The van der Waals surface area contributed by atoms with Crippen molar-refractivity contribution in [1.82, 2.24) is 20.0 Å². The van der Waals surface area contributed by atoms with Gasteiger partial charge in [-0.05, 0) is 18.1 Å². The van der Waals surface area contributed by atoms with Gasteiger partial charge in [-0.3, -0.25) is 14.3 Å². The number of aryl methyl sites for hydroxylation is 1. The van der Waals surface area contributed by atoms with Gasteiger partial charge in [0.05, 0.1) is 18.2 Å². The van der Waals surface area contributed by atoms with E-state index in [1.807, 2.05) is 59.1 Å². The van der Waals surface area contributed by atoms with Gasteiger partial charge in [0.25, 0.3) is 5.91 Å². The fourth-order valence-corrected chi connectivity index (χ4v) is 4.64. The average Bonchev–Trinajstić information content (AvgIpc) is 3.14. The quantitative estimate of drug-likeness (QED) is 0.735. The maximum atomic E-state index is 13.1. The van der Waals surface area contributed by atoms with Crippen LogP contribution in [-0.2, 0) is 24.7 Å². The molecular weight excluding hydrogens is 376 g/mol. The van der Waals surface area contributed by atoms with Crippen LogP contribution in [0.4, 0.5) is 0 Å². The van der Waals surface area contributed by atoms with E-state index in [1.54, 1.807) is 0 Å². The van der Waals surface area contributed by atoms with Gasteiger partial charge in [-0.2, -0.15) is 5.10 Å². The molecule has 5 rings (SSSR count). The first kappa shape index (κ1) is 18.6. The van der Waals surface area contributed by atoms with Gasteiger partial charge < -0.3 is 10.2 Å². The smallest absolute Gasteiger partial charge is 0.252 e. The third-order valence-electron chi connectivity index (χ3n) is 6.19.